The summed E-state index contributed by atoms with van der Waals surface area (Å²) < 4.78 is 6.29. The highest BCUT2D eigenvalue weighted by Gasteiger charge is 2.34. The van der Waals surface area contributed by atoms with Gasteiger partial charge in [0.25, 0.3) is 0 Å². The van der Waals surface area contributed by atoms with Crippen LogP contribution in [0.3, 0.4) is 0 Å². The number of para-hydroxylation sites is 1. The van der Waals surface area contributed by atoms with Crippen molar-refractivity contribution < 1.29 is 4.74 Å². The fourth-order valence-corrected chi connectivity index (χ4v) is 5.57. The lowest BCUT2D eigenvalue weighted by Gasteiger charge is -2.44. The van der Waals surface area contributed by atoms with Crippen LogP contribution < -0.4 is 4.90 Å². The van der Waals surface area contributed by atoms with Crippen LogP contribution >= 0.6 is 11.8 Å². The van der Waals surface area contributed by atoms with Crippen LogP contribution in [-0.4, -0.2) is 31.3 Å². The Bertz CT molecular complexity index is 785. The first-order valence-electron chi connectivity index (χ1n) is 9.27. The molecule has 0 radical (unpaired) electrons. The Morgan fingerprint density at radius 2 is 1.84 bits per heavy atom. The molecule has 25 heavy (non-hydrogen) atoms. The Hall–Kier alpha value is -1.49. The van der Waals surface area contributed by atoms with E-state index >= 15 is 0 Å². The van der Waals surface area contributed by atoms with Crippen molar-refractivity contribution in [2.24, 2.45) is 5.92 Å². The first-order valence-corrected chi connectivity index (χ1v) is 10.1. The molecule has 4 aliphatic heterocycles. The van der Waals surface area contributed by atoms with Crippen LogP contribution in [0, 0.1) is 5.92 Å². The van der Waals surface area contributed by atoms with E-state index in [9.17, 15) is 0 Å². The largest absolute Gasteiger partial charge is 0.358 e. The minimum absolute atomic E-state index is 0.333. The number of anilines is 2. The minimum Gasteiger partial charge on any atom is -0.358 e. The Balaban J connectivity index is 1.32. The molecule has 1 atom stereocenters. The average molecular weight is 353 g/mol. The molecule has 3 saturated heterocycles. The van der Waals surface area contributed by atoms with E-state index in [0.717, 1.165) is 5.92 Å². The molecule has 0 N–H and O–H groups in total. The maximum Gasteiger partial charge on any atom is 0.111 e. The molecule has 0 aliphatic carbocycles. The van der Waals surface area contributed by atoms with Gasteiger partial charge in [0.05, 0.1) is 18.0 Å². The topological polar surface area (TPSA) is 15.7 Å². The quantitative estimate of drug-likeness (QED) is 0.782. The first-order chi connectivity index (χ1) is 12.3. The molecule has 3 fully saturated rings. The molecule has 4 heterocycles. The van der Waals surface area contributed by atoms with Gasteiger partial charge in [-0.3, -0.25) is 4.90 Å². The fraction of sp³-hybridized carbons (Fsp3) is 0.429. The molecule has 0 saturated carbocycles. The SMILES string of the molecule is CN1c2ccccc2Sc2cc(COC3CC4CCN3CC4)ccc21. The molecule has 2 aromatic rings. The molecule has 130 valence electrons. The molecule has 0 amide bonds. The van der Waals surface area contributed by atoms with E-state index in [0.29, 0.717) is 12.8 Å². The summed E-state index contributed by atoms with van der Waals surface area (Å²) >= 11 is 1.87. The normalized spacial score (nSPS) is 27.1. The molecule has 4 heteroatoms. The maximum absolute atomic E-state index is 6.29. The van der Waals surface area contributed by atoms with Crippen molar-refractivity contribution in [2.75, 3.05) is 25.0 Å². The molecule has 6 rings (SSSR count). The van der Waals surface area contributed by atoms with Gasteiger partial charge in [-0.1, -0.05) is 30.0 Å². The highest BCUT2D eigenvalue weighted by Crippen LogP contribution is 2.47. The molecule has 3 nitrogen and oxygen atoms in total. The second-order valence-corrected chi connectivity index (χ2v) is 8.50. The van der Waals surface area contributed by atoms with Crippen molar-refractivity contribution in [1.82, 2.24) is 4.90 Å². The van der Waals surface area contributed by atoms with E-state index in [1.807, 2.05) is 11.8 Å². The predicted octanol–water partition coefficient (Wildman–Crippen LogP) is 4.88. The van der Waals surface area contributed by atoms with Crippen molar-refractivity contribution in [3.05, 3.63) is 48.0 Å². The minimum atomic E-state index is 0.333. The van der Waals surface area contributed by atoms with Crippen LogP contribution in [0.2, 0.25) is 0 Å². The van der Waals surface area contributed by atoms with E-state index in [2.05, 4.69) is 59.3 Å². The summed E-state index contributed by atoms with van der Waals surface area (Å²) in [5, 5.41) is 0. The van der Waals surface area contributed by atoms with Crippen molar-refractivity contribution in [2.45, 2.75) is 41.9 Å². The van der Waals surface area contributed by atoms with Crippen LogP contribution in [-0.2, 0) is 11.3 Å². The van der Waals surface area contributed by atoms with Gasteiger partial charge in [-0.15, -0.1) is 0 Å². The van der Waals surface area contributed by atoms with Gasteiger partial charge < -0.3 is 9.64 Å². The number of piperidine rings is 3. The highest BCUT2D eigenvalue weighted by atomic mass is 32.2. The summed E-state index contributed by atoms with van der Waals surface area (Å²) in [4.78, 5) is 7.47. The van der Waals surface area contributed by atoms with Crippen molar-refractivity contribution >= 4 is 23.1 Å². The number of hydrogen-bond acceptors (Lipinski definition) is 4. The number of ether oxygens (including phenoxy) is 1. The Kier molecular flexibility index (Phi) is 4.00. The standard InChI is InChI=1S/C21H24N2OS/c1-22-17-4-2-3-5-19(17)25-20-12-16(6-7-18(20)22)14-24-21-13-15-8-10-23(21)11-9-15/h2-7,12,15,21H,8-11,13-14H2,1H3. The summed E-state index contributed by atoms with van der Waals surface area (Å²) in [7, 11) is 2.15. The molecule has 0 spiro atoms. The Labute approximate surface area is 154 Å². The summed E-state index contributed by atoms with van der Waals surface area (Å²) in [5.74, 6) is 0.888. The molecular weight excluding hydrogens is 328 g/mol. The smallest absolute Gasteiger partial charge is 0.111 e. The average Bonchev–Trinajstić information content (AvgIpc) is 2.67. The summed E-state index contributed by atoms with van der Waals surface area (Å²) in [5.41, 5.74) is 3.85. The lowest BCUT2D eigenvalue weighted by Crippen LogP contribution is -2.49. The number of hydrogen-bond donors (Lipinski definition) is 0. The van der Waals surface area contributed by atoms with Crippen molar-refractivity contribution in [3.63, 3.8) is 0 Å². The third kappa shape index (κ3) is 2.86. The Morgan fingerprint density at radius 1 is 1.04 bits per heavy atom. The van der Waals surface area contributed by atoms with Crippen molar-refractivity contribution in [3.8, 4) is 0 Å². The van der Waals surface area contributed by atoms with E-state index in [-0.39, 0.29) is 0 Å². The van der Waals surface area contributed by atoms with Gasteiger partial charge in [0, 0.05) is 29.9 Å². The highest BCUT2D eigenvalue weighted by molar-refractivity contribution is 7.99. The maximum atomic E-state index is 6.29. The van der Waals surface area contributed by atoms with E-state index < -0.39 is 0 Å². The second-order valence-electron chi connectivity index (χ2n) is 7.41. The van der Waals surface area contributed by atoms with Crippen LogP contribution in [0.4, 0.5) is 11.4 Å². The predicted molar refractivity (Wildman–Crippen MR) is 103 cm³/mol. The van der Waals surface area contributed by atoms with E-state index in [4.69, 9.17) is 4.74 Å². The molecular formula is C21H24N2OS. The zero-order chi connectivity index (χ0) is 16.8. The fourth-order valence-electron chi connectivity index (χ4n) is 4.35. The second kappa shape index (κ2) is 6.35. The van der Waals surface area contributed by atoms with Crippen LogP contribution in [0.25, 0.3) is 0 Å². The third-order valence-corrected chi connectivity index (χ3v) is 6.98. The van der Waals surface area contributed by atoms with Crippen LogP contribution in [0.1, 0.15) is 24.8 Å². The van der Waals surface area contributed by atoms with Gasteiger partial charge in [-0.05, 0) is 55.0 Å². The number of fused-ring (bicyclic) bond motifs is 5. The van der Waals surface area contributed by atoms with E-state index in [1.165, 1.54) is 59.1 Å². The monoisotopic (exact) mass is 352 g/mol. The zero-order valence-electron chi connectivity index (χ0n) is 14.6. The first kappa shape index (κ1) is 15.7. The van der Waals surface area contributed by atoms with Crippen LogP contribution in [0.15, 0.2) is 52.3 Å². The molecule has 2 aromatic carbocycles. The van der Waals surface area contributed by atoms with Gasteiger partial charge in [-0.25, -0.2) is 0 Å². The molecule has 0 aromatic heterocycles. The number of nitrogens with zero attached hydrogens (tertiary/aromatic N) is 2. The third-order valence-electron chi connectivity index (χ3n) is 5.87. The van der Waals surface area contributed by atoms with Gasteiger partial charge >= 0.3 is 0 Å². The van der Waals surface area contributed by atoms with Crippen molar-refractivity contribution in [1.29, 1.82) is 0 Å². The lowest BCUT2D eigenvalue weighted by molar-refractivity contribution is -0.126. The zero-order valence-corrected chi connectivity index (χ0v) is 15.5. The van der Waals surface area contributed by atoms with Gasteiger partial charge in [0.15, 0.2) is 0 Å². The number of rotatable bonds is 3. The lowest BCUT2D eigenvalue weighted by atomic mass is 9.87. The summed E-state index contributed by atoms with van der Waals surface area (Å²) in [6, 6.07) is 15.4. The summed E-state index contributed by atoms with van der Waals surface area (Å²) in [6.45, 7) is 3.15. The van der Waals surface area contributed by atoms with Gasteiger partial charge in [0.1, 0.15) is 6.23 Å². The molecule has 1 unspecified atom stereocenters. The summed E-state index contributed by atoms with van der Waals surface area (Å²) in [6.07, 6.45) is 4.28. The van der Waals surface area contributed by atoms with Crippen LogP contribution in [0.5, 0.6) is 0 Å². The van der Waals surface area contributed by atoms with Gasteiger partial charge in [0.2, 0.25) is 0 Å². The number of benzene rings is 2. The Morgan fingerprint density at radius 3 is 2.64 bits per heavy atom. The molecule has 4 aliphatic rings. The van der Waals surface area contributed by atoms with Gasteiger partial charge in [-0.2, -0.15) is 0 Å². The van der Waals surface area contributed by atoms with E-state index in [1.54, 1.807) is 0 Å². The molecule has 2 bridgehead atoms.